The van der Waals surface area contributed by atoms with E-state index < -0.39 is 18.0 Å². The molecule has 1 heterocycles. The van der Waals surface area contributed by atoms with E-state index in [0.29, 0.717) is 13.1 Å². The Kier molecular flexibility index (Phi) is 8.49. The van der Waals surface area contributed by atoms with Crippen LogP contribution in [0.3, 0.4) is 0 Å². The molecule has 1 saturated heterocycles. The summed E-state index contributed by atoms with van der Waals surface area (Å²) in [5, 5.41) is 2.99. The van der Waals surface area contributed by atoms with Crippen LogP contribution < -0.4 is 5.32 Å². The summed E-state index contributed by atoms with van der Waals surface area (Å²) in [7, 11) is 0. The van der Waals surface area contributed by atoms with Crippen LogP contribution in [0.5, 0.6) is 0 Å². The molecule has 0 radical (unpaired) electrons. The minimum atomic E-state index is -4.51. The molecule has 1 aliphatic heterocycles. The van der Waals surface area contributed by atoms with Crippen molar-refractivity contribution in [1.29, 1.82) is 0 Å². The Labute approximate surface area is 141 Å². The summed E-state index contributed by atoms with van der Waals surface area (Å²) in [4.78, 5) is 1.26. The molecule has 122 valence electrons. The topological polar surface area (TPSA) is 15.3 Å². The van der Waals surface area contributed by atoms with Crippen molar-refractivity contribution >= 4 is 40.7 Å². The van der Waals surface area contributed by atoms with Crippen LogP contribution in [0.15, 0.2) is 22.7 Å². The van der Waals surface area contributed by atoms with E-state index in [-0.39, 0.29) is 47.9 Å². The molecule has 9 heteroatoms. The van der Waals surface area contributed by atoms with Crippen molar-refractivity contribution in [3.05, 3.63) is 34.1 Å². The van der Waals surface area contributed by atoms with E-state index in [2.05, 4.69) is 21.2 Å². The molecule has 0 saturated carbocycles. The minimum absolute atomic E-state index is 0. The Hall–Kier alpha value is -0.0800. The van der Waals surface area contributed by atoms with Crippen LogP contribution in [-0.2, 0) is 0 Å². The van der Waals surface area contributed by atoms with Gasteiger partial charge in [-0.1, -0.05) is 22.0 Å². The lowest BCUT2D eigenvalue weighted by Crippen LogP contribution is -2.49. The molecule has 21 heavy (non-hydrogen) atoms. The number of hydrogen-bond acceptors (Lipinski definition) is 2. The molecule has 1 aliphatic rings. The van der Waals surface area contributed by atoms with E-state index in [1.54, 1.807) is 0 Å². The molecule has 0 spiro atoms. The molecule has 1 N–H and O–H groups in total. The van der Waals surface area contributed by atoms with Gasteiger partial charge in [0.15, 0.2) is 0 Å². The monoisotopic (exact) mass is 412 g/mol. The van der Waals surface area contributed by atoms with Crippen LogP contribution in [0, 0.1) is 5.82 Å². The Morgan fingerprint density at radius 1 is 1.14 bits per heavy atom. The number of halogens is 7. The van der Waals surface area contributed by atoms with E-state index in [9.17, 15) is 17.6 Å². The lowest BCUT2D eigenvalue weighted by atomic mass is 10.0. The molecule has 1 fully saturated rings. The summed E-state index contributed by atoms with van der Waals surface area (Å²) in [6.07, 6.45) is -4.51. The normalized spacial score (nSPS) is 17.6. The van der Waals surface area contributed by atoms with E-state index in [4.69, 9.17) is 0 Å². The molecule has 2 rings (SSSR count). The smallest absolute Gasteiger partial charge is 0.314 e. The van der Waals surface area contributed by atoms with Crippen molar-refractivity contribution in [1.82, 2.24) is 10.2 Å². The summed E-state index contributed by atoms with van der Waals surface area (Å²) in [5.41, 5.74) is -0.336. The zero-order chi connectivity index (χ0) is 14.0. The number of benzene rings is 1. The Bertz CT molecular complexity index is 433. The fourth-order valence-electron chi connectivity index (χ4n) is 2.27. The number of nitrogens with zero attached hydrogens (tertiary/aromatic N) is 1. The highest BCUT2D eigenvalue weighted by atomic mass is 79.9. The van der Waals surface area contributed by atoms with Crippen LogP contribution in [0.25, 0.3) is 0 Å². The fourth-order valence-corrected chi connectivity index (χ4v) is 2.82. The summed E-state index contributed by atoms with van der Waals surface area (Å²) in [5.74, 6) is -0.838. The van der Waals surface area contributed by atoms with Gasteiger partial charge in [-0.05, 0) is 12.1 Å². The molecule has 1 aromatic carbocycles. The highest BCUT2D eigenvalue weighted by Crippen LogP contribution is 2.41. The van der Waals surface area contributed by atoms with E-state index in [1.807, 2.05) is 0 Å². The van der Waals surface area contributed by atoms with Gasteiger partial charge in [-0.3, -0.25) is 4.90 Å². The number of nitrogens with one attached hydrogen (secondary N) is 1. The van der Waals surface area contributed by atoms with E-state index >= 15 is 0 Å². The van der Waals surface area contributed by atoms with Gasteiger partial charge in [-0.15, -0.1) is 24.8 Å². The van der Waals surface area contributed by atoms with Gasteiger partial charge in [0.05, 0.1) is 0 Å². The standard InChI is InChI=1S/C12H13BrF4N2.2ClH/c13-8-2-1-3-9(14)10(8)11(12(15,16)17)19-6-4-18-5-7-19;;/h1-3,11,18H,4-7H2;2*1H/t11-;;/m0../s1. The molecule has 1 aromatic rings. The number of hydrogen-bond donors (Lipinski definition) is 1. The molecule has 0 amide bonds. The predicted molar refractivity (Wildman–Crippen MR) is 81.8 cm³/mol. The molecular weight excluding hydrogens is 399 g/mol. The minimum Gasteiger partial charge on any atom is -0.314 e. The number of piperazine rings is 1. The third-order valence-corrected chi connectivity index (χ3v) is 3.79. The summed E-state index contributed by atoms with van der Waals surface area (Å²) in [6, 6.07) is 1.96. The van der Waals surface area contributed by atoms with Crippen LogP contribution in [0.2, 0.25) is 0 Å². The first-order chi connectivity index (χ1) is 8.91. The summed E-state index contributed by atoms with van der Waals surface area (Å²) >= 11 is 3.02. The van der Waals surface area contributed by atoms with E-state index in [1.165, 1.54) is 17.0 Å². The second kappa shape index (κ2) is 8.53. The number of alkyl halides is 3. The second-order valence-electron chi connectivity index (χ2n) is 4.37. The average molecular weight is 414 g/mol. The lowest BCUT2D eigenvalue weighted by Gasteiger charge is -2.36. The van der Waals surface area contributed by atoms with Crippen LogP contribution >= 0.6 is 40.7 Å². The molecule has 0 aromatic heterocycles. The lowest BCUT2D eigenvalue weighted by molar-refractivity contribution is -0.188. The van der Waals surface area contributed by atoms with Crippen molar-refractivity contribution in [3.63, 3.8) is 0 Å². The first kappa shape index (κ1) is 20.9. The van der Waals surface area contributed by atoms with Gasteiger partial charge in [0.1, 0.15) is 11.9 Å². The maximum Gasteiger partial charge on any atom is 0.408 e. The molecule has 1 atom stereocenters. The quantitative estimate of drug-likeness (QED) is 0.738. The Morgan fingerprint density at radius 2 is 1.71 bits per heavy atom. The van der Waals surface area contributed by atoms with Crippen molar-refractivity contribution in [3.8, 4) is 0 Å². The molecular formula is C12H15BrCl2F4N2. The zero-order valence-corrected chi connectivity index (χ0v) is 14.0. The van der Waals surface area contributed by atoms with Gasteiger partial charge in [0, 0.05) is 36.2 Å². The van der Waals surface area contributed by atoms with Crippen LogP contribution in [0.1, 0.15) is 11.6 Å². The molecule has 2 nitrogen and oxygen atoms in total. The fraction of sp³-hybridized carbons (Fsp3) is 0.500. The maximum absolute atomic E-state index is 13.8. The van der Waals surface area contributed by atoms with E-state index in [0.717, 1.165) is 6.07 Å². The third kappa shape index (κ3) is 4.96. The highest BCUT2D eigenvalue weighted by molar-refractivity contribution is 9.10. The summed E-state index contributed by atoms with van der Waals surface area (Å²) < 4.78 is 53.9. The SMILES string of the molecule is Cl.Cl.Fc1cccc(Br)c1[C@H](N1CCNCC1)C(F)(F)F. The van der Waals surface area contributed by atoms with Gasteiger partial charge in [0.2, 0.25) is 0 Å². The Balaban J connectivity index is 0.00000200. The largest absolute Gasteiger partial charge is 0.408 e. The van der Waals surface area contributed by atoms with Gasteiger partial charge in [0.25, 0.3) is 0 Å². The highest BCUT2D eigenvalue weighted by Gasteiger charge is 2.46. The Morgan fingerprint density at radius 3 is 2.19 bits per heavy atom. The van der Waals surface area contributed by atoms with Gasteiger partial charge >= 0.3 is 6.18 Å². The molecule has 0 unspecified atom stereocenters. The maximum atomic E-state index is 13.8. The van der Waals surface area contributed by atoms with Crippen LogP contribution in [0.4, 0.5) is 17.6 Å². The van der Waals surface area contributed by atoms with Crippen molar-refractivity contribution in [2.75, 3.05) is 26.2 Å². The second-order valence-corrected chi connectivity index (χ2v) is 5.22. The molecule has 0 bridgehead atoms. The third-order valence-electron chi connectivity index (χ3n) is 3.10. The van der Waals surface area contributed by atoms with Gasteiger partial charge in [-0.25, -0.2) is 4.39 Å². The summed E-state index contributed by atoms with van der Waals surface area (Å²) in [6.45, 7) is 1.42. The predicted octanol–water partition coefficient (Wildman–Crippen LogP) is 3.94. The first-order valence-corrected chi connectivity index (χ1v) is 6.66. The van der Waals surface area contributed by atoms with Crippen LogP contribution in [-0.4, -0.2) is 37.3 Å². The first-order valence-electron chi connectivity index (χ1n) is 5.86. The van der Waals surface area contributed by atoms with Gasteiger partial charge < -0.3 is 5.32 Å². The van der Waals surface area contributed by atoms with Crippen molar-refractivity contribution < 1.29 is 17.6 Å². The zero-order valence-electron chi connectivity index (χ0n) is 10.8. The number of rotatable bonds is 2. The van der Waals surface area contributed by atoms with Crippen molar-refractivity contribution in [2.45, 2.75) is 12.2 Å². The average Bonchev–Trinajstić information content (AvgIpc) is 2.33. The molecule has 0 aliphatic carbocycles. The van der Waals surface area contributed by atoms with Gasteiger partial charge in [-0.2, -0.15) is 13.2 Å². The van der Waals surface area contributed by atoms with Crippen molar-refractivity contribution in [2.24, 2.45) is 0 Å².